The third-order valence-corrected chi connectivity index (χ3v) is 6.48. The van der Waals surface area contributed by atoms with Gasteiger partial charge in [0.2, 0.25) is 5.91 Å². The van der Waals surface area contributed by atoms with Gasteiger partial charge in [-0.2, -0.15) is 0 Å². The Kier molecular flexibility index (Phi) is 6.70. The maximum Gasteiger partial charge on any atom is 0.338 e. The number of allylic oxidation sites excluding steroid dienone is 1. The molecule has 1 atom stereocenters. The van der Waals surface area contributed by atoms with Crippen molar-refractivity contribution in [3.8, 4) is 0 Å². The Labute approximate surface area is 198 Å². The summed E-state index contributed by atoms with van der Waals surface area (Å²) in [7, 11) is 1.39. The summed E-state index contributed by atoms with van der Waals surface area (Å²) in [6.45, 7) is 5.99. The summed E-state index contributed by atoms with van der Waals surface area (Å²) in [5.74, 6) is -0.524. The Morgan fingerprint density at radius 3 is 2.45 bits per heavy atom. The van der Waals surface area contributed by atoms with Gasteiger partial charge in [-0.25, -0.2) is 9.79 Å². The molecule has 0 radical (unpaired) electrons. The van der Waals surface area contributed by atoms with Crippen LogP contribution in [0.15, 0.2) is 75.9 Å². The number of carbonyl (C=O) groups is 2. The maximum absolute atomic E-state index is 13.0. The molecule has 2 heterocycles. The van der Waals surface area contributed by atoms with Crippen LogP contribution in [0, 0.1) is 13.8 Å². The number of hydrogen-bond acceptors (Lipinski definition) is 6. The summed E-state index contributed by atoms with van der Waals surface area (Å²) in [6.07, 6.45) is 0.770. The number of fused-ring (bicyclic) bond motifs is 1. The van der Waals surface area contributed by atoms with Crippen molar-refractivity contribution < 1.29 is 14.3 Å². The van der Waals surface area contributed by atoms with Gasteiger partial charge in [-0.3, -0.25) is 4.79 Å². The van der Waals surface area contributed by atoms with E-state index in [9.17, 15) is 9.59 Å². The van der Waals surface area contributed by atoms with Crippen LogP contribution in [0.5, 0.6) is 0 Å². The molecule has 0 saturated heterocycles. The number of aliphatic imine (C=N–C) groups is 1. The van der Waals surface area contributed by atoms with E-state index in [4.69, 9.17) is 9.73 Å². The first kappa shape index (κ1) is 22.9. The fourth-order valence-corrected chi connectivity index (χ4v) is 5.22. The number of rotatable bonds is 6. The van der Waals surface area contributed by atoms with Crippen LogP contribution in [0.2, 0.25) is 0 Å². The highest BCUT2D eigenvalue weighted by Gasteiger charge is 2.41. The molecule has 4 rings (SSSR count). The number of benzene rings is 2. The second-order valence-corrected chi connectivity index (χ2v) is 8.95. The van der Waals surface area contributed by atoms with E-state index in [1.807, 2.05) is 73.5 Å². The average Bonchev–Trinajstić information content (AvgIpc) is 3.19. The summed E-state index contributed by atoms with van der Waals surface area (Å²) in [4.78, 5) is 32.6. The molecule has 2 aliphatic heterocycles. The second kappa shape index (κ2) is 9.67. The number of esters is 1. The predicted octanol–water partition coefficient (Wildman–Crippen LogP) is 5.47. The molecule has 2 aliphatic rings. The first-order valence-corrected chi connectivity index (χ1v) is 11.8. The lowest BCUT2D eigenvalue weighted by Crippen LogP contribution is -2.37. The monoisotopic (exact) mass is 461 g/mol. The van der Waals surface area contributed by atoms with Crippen molar-refractivity contribution in [1.29, 1.82) is 0 Å². The van der Waals surface area contributed by atoms with Crippen LogP contribution in [0.4, 0.5) is 5.69 Å². The van der Waals surface area contributed by atoms with Crippen molar-refractivity contribution in [2.75, 3.05) is 12.4 Å². The summed E-state index contributed by atoms with van der Waals surface area (Å²) < 4.78 is 5.14. The Balaban J connectivity index is 1.66. The summed E-state index contributed by atoms with van der Waals surface area (Å²) in [5, 5.41) is 5.72. The van der Waals surface area contributed by atoms with Crippen molar-refractivity contribution in [2.24, 2.45) is 4.99 Å². The van der Waals surface area contributed by atoms with E-state index in [1.54, 1.807) is 0 Å². The SMILES string of the molecule is CCC1=C(C(=O)OC)[C@H](c2ccccc2)N2C(CC(=O)Nc3cc(C)cc(C)c3)=CSC2=N1. The van der Waals surface area contributed by atoms with Gasteiger partial charge >= 0.3 is 5.97 Å². The molecule has 6 nitrogen and oxygen atoms in total. The smallest absolute Gasteiger partial charge is 0.338 e. The third-order valence-electron chi connectivity index (χ3n) is 5.59. The molecule has 2 aromatic rings. The van der Waals surface area contributed by atoms with Crippen LogP contribution in [-0.4, -0.2) is 29.1 Å². The van der Waals surface area contributed by atoms with Gasteiger partial charge in [-0.15, -0.1) is 0 Å². The molecule has 1 N–H and O–H groups in total. The van der Waals surface area contributed by atoms with Crippen molar-refractivity contribution in [3.63, 3.8) is 0 Å². The van der Waals surface area contributed by atoms with Crippen molar-refractivity contribution >= 4 is 34.5 Å². The predicted molar refractivity (Wildman–Crippen MR) is 133 cm³/mol. The standard InChI is InChI=1S/C26H27N3O3S/c1-5-21-23(25(31)32-4)24(18-9-7-6-8-10-18)29-20(15-33-26(29)28-21)14-22(30)27-19-12-16(2)11-17(3)13-19/h6-13,15,24H,5,14H2,1-4H3,(H,27,30)/t24-/m0/s1. The normalized spacial score (nSPS) is 17.3. The first-order valence-electron chi connectivity index (χ1n) is 10.9. The van der Waals surface area contributed by atoms with E-state index in [0.717, 1.165) is 33.2 Å². The Morgan fingerprint density at radius 1 is 1.12 bits per heavy atom. The Morgan fingerprint density at radius 2 is 1.82 bits per heavy atom. The molecule has 0 bridgehead atoms. The number of anilines is 1. The molecule has 0 aromatic heterocycles. The van der Waals surface area contributed by atoms with Crippen LogP contribution < -0.4 is 5.32 Å². The maximum atomic E-state index is 13.0. The topological polar surface area (TPSA) is 71.0 Å². The second-order valence-electron chi connectivity index (χ2n) is 8.11. The number of nitrogens with zero attached hydrogens (tertiary/aromatic N) is 2. The lowest BCUT2D eigenvalue weighted by Gasteiger charge is -2.36. The van der Waals surface area contributed by atoms with Crippen molar-refractivity contribution in [1.82, 2.24) is 4.90 Å². The number of amidine groups is 1. The van der Waals surface area contributed by atoms with Gasteiger partial charge in [0.25, 0.3) is 0 Å². The molecule has 1 amide bonds. The van der Waals surface area contributed by atoms with Crippen LogP contribution >= 0.6 is 11.8 Å². The minimum Gasteiger partial charge on any atom is -0.466 e. The van der Waals surface area contributed by atoms with Gasteiger partial charge in [0, 0.05) is 11.4 Å². The Hall–Kier alpha value is -3.32. The number of ether oxygens (including phenoxy) is 1. The highest BCUT2D eigenvalue weighted by atomic mass is 32.2. The number of aryl methyl sites for hydroxylation is 2. The van der Waals surface area contributed by atoms with E-state index in [2.05, 4.69) is 11.4 Å². The third kappa shape index (κ3) is 4.73. The molecule has 170 valence electrons. The Bertz CT molecular complexity index is 1160. The molecule has 2 aromatic carbocycles. The molecule has 0 aliphatic carbocycles. The van der Waals surface area contributed by atoms with E-state index in [1.165, 1.54) is 18.9 Å². The number of amides is 1. The van der Waals surface area contributed by atoms with Crippen LogP contribution in [0.3, 0.4) is 0 Å². The zero-order chi connectivity index (χ0) is 23.5. The zero-order valence-electron chi connectivity index (χ0n) is 19.2. The van der Waals surface area contributed by atoms with E-state index >= 15 is 0 Å². The quantitative estimate of drug-likeness (QED) is 0.578. The van der Waals surface area contributed by atoms with Crippen molar-refractivity contribution in [2.45, 2.75) is 39.7 Å². The largest absolute Gasteiger partial charge is 0.466 e. The van der Waals surface area contributed by atoms with Crippen LogP contribution in [-0.2, 0) is 14.3 Å². The molecular formula is C26H27N3O3S. The van der Waals surface area contributed by atoms with Gasteiger partial charge < -0.3 is 15.0 Å². The lowest BCUT2D eigenvalue weighted by molar-refractivity contribution is -0.136. The summed E-state index contributed by atoms with van der Waals surface area (Å²) >= 11 is 1.47. The first-order chi connectivity index (χ1) is 15.9. The highest BCUT2D eigenvalue weighted by Crippen LogP contribution is 2.45. The molecule has 33 heavy (non-hydrogen) atoms. The molecule has 0 spiro atoms. The van der Waals surface area contributed by atoms with Gasteiger partial charge in [-0.1, -0.05) is 55.1 Å². The zero-order valence-corrected chi connectivity index (χ0v) is 20.0. The molecule has 0 fully saturated rings. The summed E-state index contributed by atoms with van der Waals surface area (Å²) in [6, 6.07) is 15.4. The summed E-state index contributed by atoms with van der Waals surface area (Å²) in [5.41, 5.74) is 5.93. The fourth-order valence-electron chi connectivity index (χ4n) is 4.28. The minimum atomic E-state index is -0.406. The molecule has 0 unspecified atom stereocenters. The van der Waals surface area contributed by atoms with Gasteiger partial charge in [0.05, 0.1) is 30.8 Å². The number of methoxy groups -OCH3 is 1. The van der Waals surface area contributed by atoms with Crippen LogP contribution in [0.25, 0.3) is 0 Å². The van der Waals surface area contributed by atoms with E-state index in [0.29, 0.717) is 17.7 Å². The van der Waals surface area contributed by atoms with E-state index in [-0.39, 0.29) is 12.3 Å². The van der Waals surface area contributed by atoms with Gasteiger partial charge in [-0.05, 0) is 54.5 Å². The van der Waals surface area contributed by atoms with Gasteiger partial charge in [0.1, 0.15) is 0 Å². The average molecular weight is 462 g/mol. The number of hydrogen-bond donors (Lipinski definition) is 1. The number of carbonyl (C=O) groups excluding carboxylic acids is 2. The fraction of sp³-hybridized carbons (Fsp3) is 0.269. The number of thioether (sulfide) groups is 1. The number of nitrogens with one attached hydrogen (secondary N) is 1. The highest BCUT2D eigenvalue weighted by molar-refractivity contribution is 8.16. The van der Waals surface area contributed by atoms with E-state index < -0.39 is 12.0 Å². The molecular weight excluding hydrogens is 434 g/mol. The van der Waals surface area contributed by atoms with Crippen LogP contribution in [0.1, 0.15) is 42.5 Å². The molecule has 0 saturated carbocycles. The lowest BCUT2D eigenvalue weighted by atomic mass is 9.93. The van der Waals surface area contributed by atoms with Crippen molar-refractivity contribution in [3.05, 3.63) is 87.6 Å². The van der Waals surface area contributed by atoms with Gasteiger partial charge in [0.15, 0.2) is 5.17 Å². The molecule has 7 heteroatoms. The minimum absolute atomic E-state index is 0.121.